The van der Waals surface area contributed by atoms with Crippen molar-refractivity contribution in [3.8, 4) is 11.9 Å². The van der Waals surface area contributed by atoms with E-state index in [2.05, 4.69) is 0 Å². The molecular formula is C17H15FN2O3. The van der Waals surface area contributed by atoms with Gasteiger partial charge in [0.2, 0.25) is 11.7 Å². The molecule has 2 rings (SSSR count). The van der Waals surface area contributed by atoms with E-state index < -0.39 is 29.1 Å². The van der Waals surface area contributed by atoms with Gasteiger partial charge in [0.1, 0.15) is 17.4 Å². The van der Waals surface area contributed by atoms with Crippen LogP contribution in [-0.4, -0.2) is 15.5 Å². The van der Waals surface area contributed by atoms with Crippen molar-refractivity contribution < 1.29 is 14.3 Å². The normalized spacial score (nSPS) is 10.6. The Kier molecular flexibility index (Phi) is 4.32. The monoisotopic (exact) mass is 314 g/mol. The van der Waals surface area contributed by atoms with Crippen LogP contribution in [0.5, 0.6) is 5.88 Å². The second kappa shape index (κ2) is 6.05. The molecule has 0 aliphatic heterocycles. The van der Waals surface area contributed by atoms with Gasteiger partial charge in [-0.25, -0.2) is 4.39 Å². The molecule has 0 saturated carbocycles. The van der Waals surface area contributed by atoms with Gasteiger partial charge in [-0.2, -0.15) is 5.26 Å². The maximum absolute atomic E-state index is 13.9. The van der Waals surface area contributed by atoms with Crippen molar-refractivity contribution in [2.45, 2.75) is 26.8 Å². The summed E-state index contributed by atoms with van der Waals surface area (Å²) in [5.41, 5.74) is -1.34. The quantitative estimate of drug-likeness (QED) is 0.883. The van der Waals surface area contributed by atoms with Gasteiger partial charge in [0.15, 0.2) is 0 Å². The van der Waals surface area contributed by atoms with E-state index in [4.69, 9.17) is 0 Å². The second-order valence-electron chi connectivity index (χ2n) is 5.39. The van der Waals surface area contributed by atoms with Crippen LogP contribution < -0.4 is 5.56 Å². The molecule has 0 fully saturated rings. The number of nitrogens with zero attached hydrogens (tertiary/aromatic N) is 2. The lowest BCUT2D eigenvalue weighted by molar-refractivity contribution is 0.103. The first-order valence-corrected chi connectivity index (χ1v) is 6.98. The summed E-state index contributed by atoms with van der Waals surface area (Å²) in [5.74, 6) is -2.07. The lowest BCUT2D eigenvalue weighted by Gasteiger charge is -2.18. The highest BCUT2D eigenvalue weighted by Crippen LogP contribution is 2.27. The maximum Gasteiger partial charge on any atom is 0.271 e. The van der Waals surface area contributed by atoms with Gasteiger partial charge in [-0.1, -0.05) is 12.1 Å². The maximum atomic E-state index is 13.9. The molecule has 0 saturated heterocycles. The second-order valence-corrected chi connectivity index (χ2v) is 5.39. The molecule has 0 bridgehead atoms. The van der Waals surface area contributed by atoms with E-state index in [0.717, 1.165) is 10.6 Å². The van der Waals surface area contributed by atoms with Crippen molar-refractivity contribution in [1.29, 1.82) is 5.26 Å². The Balaban J connectivity index is 2.86. The van der Waals surface area contributed by atoms with Crippen molar-refractivity contribution in [2.75, 3.05) is 0 Å². The minimum Gasteiger partial charge on any atom is -0.494 e. The van der Waals surface area contributed by atoms with Gasteiger partial charge in [0, 0.05) is 6.04 Å². The van der Waals surface area contributed by atoms with Crippen LogP contribution in [0.3, 0.4) is 0 Å². The number of carbonyl (C=O) groups excluding carboxylic acids is 1. The third-order valence-corrected chi connectivity index (χ3v) is 3.61. The summed E-state index contributed by atoms with van der Waals surface area (Å²) in [6, 6.07) is 6.63. The predicted octanol–water partition coefficient (Wildman–Crippen LogP) is 2.69. The number of nitriles is 1. The molecule has 0 aliphatic carbocycles. The number of rotatable bonds is 3. The third kappa shape index (κ3) is 2.61. The van der Waals surface area contributed by atoms with Gasteiger partial charge < -0.3 is 5.11 Å². The first-order valence-electron chi connectivity index (χ1n) is 6.98. The van der Waals surface area contributed by atoms with E-state index in [-0.39, 0.29) is 22.3 Å². The van der Waals surface area contributed by atoms with Gasteiger partial charge in [-0.3, -0.25) is 14.2 Å². The number of halogens is 1. The van der Waals surface area contributed by atoms with Crippen LogP contribution >= 0.6 is 0 Å². The van der Waals surface area contributed by atoms with Crippen molar-refractivity contribution in [2.24, 2.45) is 0 Å². The minimum absolute atomic E-state index is 0.0418. The van der Waals surface area contributed by atoms with Crippen molar-refractivity contribution in [3.05, 3.63) is 62.7 Å². The highest BCUT2D eigenvalue weighted by molar-refractivity contribution is 6.11. The molecule has 118 valence electrons. The number of benzene rings is 1. The topological polar surface area (TPSA) is 83.1 Å². The number of hydrogen-bond acceptors (Lipinski definition) is 4. The van der Waals surface area contributed by atoms with Crippen LogP contribution in [0.15, 0.2) is 29.1 Å². The molecule has 0 radical (unpaired) electrons. The van der Waals surface area contributed by atoms with Crippen LogP contribution in [0.2, 0.25) is 0 Å². The number of aromatic nitrogens is 1. The number of carbonyl (C=O) groups is 1. The number of aromatic hydroxyl groups is 1. The molecule has 2 aromatic rings. The van der Waals surface area contributed by atoms with E-state index >= 15 is 0 Å². The molecule has 23 heavy (non-hydrogen) atoms. The molecule has 1 heterocycles. The highest BCUT2D eigenvalue weighted by Gasteiger charge is 2.26. The van der Waals surface area contributed by atoms with Crippen LogP contribution in [0.1, 0.15) is 46.9 Å². The Morgan fingerprint density at radius 2 is 1.96 bits per heavy atom. The van der Waals surface area contributed by atoms with E-state index in [0.29, 0.717) is 0 Å². The van der Waals surface area contributed by atoms with Gasteiger partial charge in [-0.15, -0.1) is 0 Å². The summed E-state index contributed by atoms with van der Waals surface area (Å²) in [5, 5.41) is 19.6. The van der Waals surface area contributed by atoms with Crippen LogP contribution in [0.25, 0.3) is 0 Å². The molecule has 1 aromatic carbocycles. The van der Waals surface area contributed by atoms with E-state index in [1.165, 1.54) is 25.1 Å². The van der Waals surface area contributed by atoms with Crippen molar-refractivity contribution in [3.63, 3.8) is 0 Å². The molecule has 1 N–H and O–H groups in total. The zero-order chi connectivity index (χ0) is 17.3. The van der Waals surface area contributed by atoms with E-state index in [1.807, 2.05) is 0 Å². The van der Waals surface area contributed by atoms with Crippen molar-refractivity contribution >= 4 is 5.78 Å². The summed E-state index contributed by atoms with van der Waals surface area (Å²) in [4.78, 5) is 24.9. The number of hydrogen-bond donors (Lipinski definition) is 1. The lowest BCUT2D eigenvalue weighted by Crippen LogP contribution is -2.28. The fraction of sp³-hybridized carbons (Fsp3) is 0.235. The Morgan fingerprint density at radius 3 is 2.48 bits per heavy atom. The summed E-state index contributed by atoms with van der Waals surface area (Å²) < 4.78 is 14.8. The summed E-state index contributed by atoms with van der Waals surface area (Å²) >= 11 is 0. The molecule has 0 aliphatic rings. The minimum atomic E-state index is -0.774. The first kappa shape index (κ1) is 16.4. The van der Waals surface area contributed by atoms with Crippen LogP contribution in [-0.2, 0) is 0 Å². The molecule has 0 unspecified atom stereocenters. The van der Waals surface area contributed by atoms with Crippen molar-refractivity contribution in [1.82, 2.24) is 4.57 Å². The van der Waals surface area contributed by atoms with E-state index in [9.17, 15) is 24.3 Å². The highest BCUT2D eigenvalue weighted by atomic mass is 19.1. The van der Waals surface area contributed by atoms with Gasteiger partial charge >= 0.3 is 0 Å². The SMILES string of the molecule is Cc1c(C(=O)c2ccccc2F)c(O)n(C(C)C)c(=O)c1C#N. The van der Waals surface area contributed by atoms with Gasteiger partial charge in [-0.05, 0) is 38.5 Å². The first-order chi connectivity index (χ1) is 10.8. The zero-order valence-electron chi connectivity index (χ0n) is 12.9. The fourth-order valence-corrected chi connectivity index (χ4v) is 2.45. The Bertz CT molecular complexity index is 892. The average Bonchev–Trinajstić information content (AvgIpc) is 2.47. The smallest absolute Gasteiger partial charge is 0.271 e. The Labute approximate surface area is 132 Å². The van der Waals surface area contributed by atoms with Gasteiger partial charge in [0.05, 0.1) is 11.1 Å². The standard InChI is InChI=1S/C17H15FN2O3/c1-9(2)20-16(22)12(8-19)10(3)14(17(20)23)15(21)11-6-4-5-7-13(11)18/h4-7,9,23H,1-3H3. The number of ketones is 1. The largest absolute Gasteiger partial charge is 0.494 e. The molecule has 0 atom stereocenters. The predicted molar refractivity (Wildman–Crippen MR) is 82.0 cm³/mol. The average molecular weight is 314 g/mol. The Morgan fingerprint density at radius 1 is 1.35 bits per heavy atom. The van der Waals surface area contributed by atoms with Crippen LogP contribution in [0.4, 0.5) is 4.39 Å². The van der Waals surface area contributed by atoms with Gasteiger partial charge in [0.25, 0.3) is 5.56 Å². The van der Waals surface area contributed by atoms with E-state index in [1.54, 1.807) is 19.9 Å². The zero-order valence-corrected chi connectivity index (χ0v) is 12.9. The molecular weight excluding hydrogens is 299 g/mol. The third-order valence-electron chi connectivity index (χ3n) is 3.61. The molecule has 0 amide bonds. The number of pyridine rings is 1. The summed E-state index contributed by atoms with van der Waals surface area (Å²) in [6.07, 6.45) is 0. The fourth-order valence-electron chi connectivity index (χ4n) is 2.45. The lowest BCUT2D eigenvalue weighted by atomic mass is 9.96. The summed E-state index contributed by atoms with van der Waals surface area (Å²) in [6.45, 7) is 4.66. The Hall–Kier alpha value is -2.94. The summed E-state index contributed by atoms with van der Waals surface area (Å²) in [7, 11) is 0. The molecule has 1 aromatic heterocycles. The van der Waals surface area contributed by atoms with Crippen LogP contribution in [0, 0.1) is 24.1 Å². The molecule has 5 nitrogen and oxygen atoms in total. The molecule has 0 spiro atoms. The molecule has 6 heteroatoms.